The van der Waals surface area contributed by atoms with Crippen LogP contribution in [0.2, 0.25) is 5.02 Å². The van der Waals surface area contributed by atoms with Crippen LogP contribution in [0.25, 0.3) is 0 Å². The Balaban J connectivity index is 1.86. The Morgan fingerprint density at radius 2 is 1.77 bits per heavy atom. The second-order valence-electron chi connectivity index (χ2n) is 4.90. The zero-order valence-corrected chi connectivity index (χ0v) is 14.9. The molecule has 0 atom stereocenters. The van der Waals surface area contributed by atoms with E-state index in [1.807, 2.05) is 0 Å². The molecule has 2 rings (SSSR count). The summed E-state index contributed by atoms with van der Waals surface area (Å²) in [6.07, 6.45) is -0.591. The molecule has 0 unspecified atom stereocenters. The summed E-state index contributed by atoms with van der Waals surface area (Å²) in [6, 6.07) is 7.37. The largest absolute Gasteiger partial charge is 0.490 e. The van der Waals surface area contributed by atoms with Gasteiger partial charge in [-0.1, -0.05) is 11.6 Å². The monoisotopic (exact) mass is 405 g/mol. The molecule has 2 aromatic rings. The third kappa shape index (κ3) is 6.57. The average Bonchev–Trinajstić information content (AvgIpc) is 2.57. The summed E-state index contributed by atoms with van der Waals surface area (Å²) >= 11 is 11.5. The number of carbonyl (C=O) groups is 1. The number of alkyl halides is 1. The first kappa shape index (κ1) is 20.1. The summed E-state index contributed by atoms with van der Waals surface area (Å²) in [5, 5.41) is 2.72. The number of halogens is 4. The third-order valence-corrected chi connectivity index (χ3v) is 3.36. The molecule has 0 aliphatic heterocycles. The highest BCUT2D eigenvalue weighted by molar-refractivity contribution is 6.32. The van der Waals surface area contributed by atoms with Crippen molar-refractivity contribution >= 4 is 29.3 Å². The van der Waals surface area contributed by atoms with Gasteiger partial charge in [0.1, 0.15) is 42.1 Å². The second kappa shape index (κ2) is 10.0. The first-order valence-corrected chi connectivity index (χ1v) is 8.42. The minimum Gasteiger partial charge on any atom is -0.490 e. The number of hydrogen-bond donors (Lipinski definition) is 1. The molecule has 5 nitrogen and oxygen atoms in total. The number of ether oxygens (including phenoxy) is 3. The summed E-state index contributed by atoms with van der Waals surface area (Å²) in [6.45, 7) is 0.486. The number of amides is 1. The molecule has 1 amide bonds. The van der Waals surface area contributed by atoms with E-state index >= 15 is 0 Å². The topological polar surface area (TPSA) is 56.8 Å². The number of rotatable bonds is 8. The number of carbonyl (C=O) groups excluding carboxylic acids is 1. The zero-order chi connectivity index (χ0) is 18.9. The lowest BCUT2D eigenvalue weighted by atomic mass is 10.3. The summed E-state index contributed by atoms with van der Waals surface area (Å²) in [7, 11) is 0. The van der Waals surface area contributed by atoms with E-state index in [0.29, 0.717) is 5.75 Å². The Hall–Kier alpha value is -2.25. The van der Waals surface area contributed by atoms with Gasteiger partial charge in [0.2, 0.25) is 0 Å². The van der Waals surface area contributed by atoms with E-state index in [1.165, 1.54) is 12.1 Å². The number of alkyl carbamates (subject to hydrolysis) is 1. The fourth-order valence-corrected chi connectivity index (χ4v) is 2.18. The van der Waals surface area contributed by atoms with Crippen LogP contribution in [0.3, 0.4) is 0 Å². The van der Waals surface area contributed by atoms with Gasteiger partial charge in [-0.25, -0.2) is 13.6 Å². The fourth-order valence-electron chi connectivity index (χ4n) is 1.88. The molecule has 0 bridgehead atoms. The maximum Gasteiger partial charge on any atom is 0.407 e. The van der Waals surface area contributed by atoms with Crippen molar-refractivity contribution in [3.63, 3.8) is 0 Å². The van der Waals surface area contributed by atoms with E-state index in [-0.39, 0.29) is 42.2 Å². The lowest BCUT2D eigenvalue weighted by molar-refractivity contribution is 0.150. The van der Waals surface area contributed by atoms with Crippen molar-refractivity contribution in [3.8, 4) is 17.2 Å². The van der Waals surface area contributed by atoms with Crippen LogP contribution in [0.15, 0.2) is 36.4 Å². The van der Waals surface area contributed by atoms with Gasteiger partial charge in [-0.05, 0) is 12.1 Å². The van der Waals surface area contributed by atoms with E-state index in [1.54, 1.807) is 6.07 Å². The van der Waals surface area contributed by atoms with Crippen LogP contribution in [-0.2, 0) is 4.74 Å². The maximum absolute atomic E-state index is 13.2. The van der Waals surface area contributed by atoms with Crippen LogP contribution in [0.4, 0.5) is 13.6 Å². The fraction of sp³-hybridized carbons (Fsp3) is 0.235. The van der Waals surface area contributed by atoms with Gasteiger partial charge in [-0.3, -0.25) is 0 Å². The SMILES string of the molecule is O=C(NCCOc1ccc(Oc2cc(F)cc(F)c2)cc1Cl)OCCCl. The molecule has 9 heteroatoms. The summed E-state index contributed by atoms with van der Waals surface area (Å²) in [5.41, 5.74) is 0. The normalized spacial score (nSPS) is 10.3. The molecule has 0 saturated carbocycles. The van der Waals surface area contributed by atoms with Gasteiger partial charge in [0.05, 0.1) is 17.4 Å². The van der Waals surface area contributed by atoms with E-state index in [2.05, 4.69) is 5.32 Å². The van der Waals surface area contributed by atoms with Crippen molar-refractivity contribution in [1.82, 2.24) is 5.32 Å². The molecule has 0 heterocycles. The van der Waals surface area contributed by atoms with Crippen LogP contribution in [0.5, 0.6) is 17.2 Å². The first-order valence-electron chi connectivity index (χ1n) is 7.51. The van der Waals surface area contributed by atoms with Crippen molar-refractivity contribution in [1.29, 1.82) is 0 Å². The molecule has 0 aliphatic rings. The van der Waals surface area contributed by atoms with Gasteiger partial charge < -0.3 is 19.5 Å². The quantitative estimate of drug-likeness (QED) is 0.508. The predicted molar refractivity (Wildman–Crippen MR) is 93.4 cm³/mol. The van der Waals surface area contributed by atoms with Crippen LogP contribution in [0, 0.1) is 11.6 Å². The molecular formula is C17H15Cl2F2NO4. The zero-order valence-electron chi connectivity index (χ0n) is 13.4. The van der Waals surface area contributed by atoms with Gasteiger partial charge in [0, 0.05) is 24.3 Å². The van der Waals surface area contributed by atoms with Gasteiger partial charge in [0.15, 0.2) is 0 Å². The van der Waals surface area contributed by atoms with Crippen molar-refractivity contribution < 1.29 is 27.8 Å². The van der Waals surface area contributed by atoms with Crippen LogP contribution < -0.4 is 14.8 Å². The van der Waals surface area contributed by atoms with Crippen molar-refractivity contribution in [3.05, 3.63) is 53.1 Å². The summed E-state index contributed by atoms with van der Waals surface area (Å²) in [4.78, 5) is 11.2. The molecule has 140 valence electrons. The Kier molecular flexibility index (Phi) is 7.74. The van der Waals surface area contributed by atoms with Crippen molar-refractivity contribution in [2.75, 3.05) is 25.6 Å². The molecular weight excluding hydrogens is 391 g/mol. The van der Waals surface area contributed by atoms with Crippen molar-refractivity contribution in [2.24, 2.45) is 0 Å². The molecule has 2 aromatic carbocycles. The Bertz CT molecular complexity index is 741. The molecule has 0 aromatic heterocycles. The Morgan fingerprint density at radius 3 is 2.42 bits per heavy atom. The van der Waals surface area contributed by atoms with Crippen LogP contribution in [-0.4, -0.2) is 31.7 Å². The van der Waals surface area contributed by atoms with Crippen LogP contribution in [0.1, 0.15) is 0 Å². The molecule has 0 radical (unpaired) electrons. The second-order valence-corrected chi connectivity index (χ2v) is 5.68. The highest BCUT2D eigenvalue weighted by atomic mass is 35.5. The van der Waals surface area contributed by atoms with Crippen LogP contribution >= 0.6 is 23.2 Å². The van der Waals surface area contributed by atoms with E-state index < -0.39 is 17.7 Å². The molecule has 0 aliphatic carbocycles. The van der Waals surface area contributed by atoms with E-state index in [9.17, 15) is 13.6 Å². The standard InChI is InChI=1S/C17H15Cl2F2NO4/c18-3-5-25-17(23)22-4-6-24-16-2-1-13(10-15(16)19)26-14-8-11(20)7-12(21)9-14/h1-2,7-10H,3-6H2,(H,22,23). The molecule has 0 spiro atoms. The predicted octanol–water partition coefficient (Wildman–Crippen LogP) is 4.75. The van der Waals surface area contributed by atoms with Gasteiger partial charge in [0.25, 0.3) is 0 Å². The number of benzene rings is 2. The average molecular weight is 406 g/mol. The molecule has 26 heavy (non-hydrogen) atoms. The third-order valence-electron chi connectivity index (χ3n) is 2.91. The summed E-state index contributed by atoms with van der Waals surface area (Å²) in [5.74, 6) is -0.621. The van der Waals surface area contributed by atoms with E-state index in [4.69, 9.17) is 37.4 Å². The lowest BCUT2D eigenvalue weighted by Crippen LogP contribution is -2.29. The van der Waals surface area contributed by atoms with Gasteiger partial charge in [-0.15, -0.1) is 11.6 Å². The number of hydrogen-bond acceptors (Lipinski definition) is 4. The lowest BCUT2D eigenvalue weighted by Gasteiger charge is -2.11. The molecule has 0 fully saturated rings. The highest BCUT2D eigenvalue weighted by Gasteiger charge is 2.08. The minimum absolute atomic E-state index is 0.00638. The Morgan fingerprint density at radius 1 is 1.04 bits per heavy atom. The summed E-state index contributed by atoms with van der Waals surface area (Å²) < 4.78 is 41.8. The maximum atomic E-state index is 13.2. The highest BCUT2D eigenvalue weighted by Crippen LogP contribution is 2.31. The minimum atomic E-state index is -0.747. The molecule has 0 saturated heterocycles. The van der Waals surface area contributed by atoms with Gasteiger partial charge in [-0.2, -0.15) is 0 Å². The molecule has 1 N–H and O–H groups in total. The van der Waals surface area contributed by atoms with Gasteiger partial charge >= 0.3 is 6.09 Å². The van der Waals surface area contributed by atoms with Crippen molar-refractivity contribution in [2.45, 2.75) is 0 Å². The first-order chi connectivity index (χ1) is 12.5. The van der Waals surface area contributed by atoms with E-state index in [0.717, 1.165) is 18.2 Å². The smallest absolute Gasteiger partial charge is 0.407 e. The number of nitrogens with one attached hydrogen (secondary N) is 1. The Labute approximate surface area is 158 Å².